The first-order chi connectivity index (χ1) is 8.87. The summed E-state index contributed by atoms with van der Waals surface area (Å²) in [5.74, 6) is 0.0450. The van der Waals surface area contributed by atoms with Crippen molar-refractivity contribution in [1.82, 2.24) is 25.1 Å². The molecular formula is C11H20N6O2. The van der Waals surface area contributed by atoms with Crippen molar-refractivity contribution in [3.63, 3.8) is 0 Å². The van der Waals surface area contributed by atoms with E-state index in [0.29, 0.717) is 25.9 Å². The number of likely N-dealkylation sites (tertiary alicyclic amines) is 1. The van der Waals surface area contributed by atoms with E-state index in [4.69, 9.17) is 5.73 Å². The Hall–Kier alpha value is -1.70. The van der Waals surface area contributed by atoms with Crippen LogP contribution in [0, 0.1) is 5.41 Å². The average Bonchev–Trinajstić information content (AvgIpc) is 2.62. The van der Waals surface area contributed by atoms with Gasteiger partial charge in [0.25, 0.3) is 0 Å². The van der Waals surface area contributed by atoms with Gasteiger partial charge in [0.05, 0.1) is 6.10 Å². The lowest BCUT2D eigenvalue weighted by Gasteiger charge is -2.29. The quantitative estimate of drug-likeness (QED) is 0.731. The van der Waals surface area contributed by atoms with Crippen LogP contribution < -0.4 is 5.73 Å². The molecule has 1 aromatic heterocycles. The summed E-state index contributed by atoms with van der Waals surface area (Å²) in [4.78, 5) is 14.0. The number of nitrogens with two attached hydrogens (primary N) is 1. The highest BCUT2D eigenvalue weighted by Gasteiger charge is 2.31. The van der Waals surface area contributed by atoms with Crippen molar-refractivity contribution in [3.05, 3.63) is 0 Å². The Morgan fingerprint density at radius 2 is 2.32 bits per heavy atom. The number of tetrazole rings is 1. The topological polar surface area (TPSA) is 110 Å². The molecule has 8 heteroatoms. The normalized spacial score (nSPS) is 23.1. The van der Waals surface area contributed by atoms with Crippen LogP contribution in [0.5, 0.6) is 0 Å². The highest BCUT2D eigenvalue weighted by atomic mass is 16.3. The van der Waals surface area contributed by atoms with Crippen LogP contribution in [-0.4, -0.2) is 55.3 Å². The van der Waals surface area contributed by atoms with Gasteiger partial charge in [-0.1, -0.05) is 18.9 Å². The second kappa shape index (κ2) is 5.12. The molecule has 1 fully saturated rings. The monoisotopic (exact) mass is 268 g/mol. The van der Waals surface area contributed by atoms with Gasteiger partial charge in [-0.2, -0.15) is 0 Å². The van der Waals surface area contributed by atoms with Crippen LogP contribution in [0.25, 0.3) is 0 Å². The second-order valence-corrected chi connectivity index (χ2v) is 5.82. The zero-order valence-electron chi connectivity index (χ0n) is 11.3. The standard InChI is InChI=1S/C11H20N6O2/c1-11(2)5-8(18)3-4-16(7-11)9(19)6-17-10(12)13-14-15-17/h8,18H,3-7H2,1-2H3,(H2,12,13,15)/t8-/m0/s1. The van der Waals surface area contributed by atoms with Gasteiger partial charge in [0.15, 0.2) is 0 Å². The molecule has 1 atom stereocenters. The summed E-state index contributed by atoms with van der Waals surface area (Å²) >= 11 is 0. The number of aromatic nitrogens is 4. The van der Waals surface area contributed by atoms with Gasteiger partial charge >= 0.3 is 0 Å². The highest BCUT2D eigenvalue weighted by Crippen LogP contribution is 2.28. The summed E-state index contributed by atoms with van der Waals surface area (Å²) in [5.41, 5.74) is 5.44. The first-order valence-electron chi connectivity index (χ1n) is 6.35. The molecule has 19 heavy (non-hydrogen) atoms. The molecule has 1 aliphatic heterocycles. The van der Waals surface area contributed by atoms with Gasteiger partial charge in [0, 0.05) is 13.1 Å². The van der Waals surface area contributed by atoms with Gasteiger partial charge in [-0.05, 0) is 28.7 Å². The molecule has 0 radical (unpaired) electrons. The van der Waals surface area contributed by atoms with E-state index in [1.54, 1.807) is 4.90 Å². The molecule has 0 spiro atoms. The zero-order valence-corrected chi connectivity index (χ0v) is 11.3. The number of aliphatic hydroxyl groups is 1. The van der Waals surface area contributed by atoms with E-state index in [-0.39, 0.29) is 29.9 Å². The third-order valence-electron chi connectivity index (χ3n) is 3.34. The van der Waals surface area contributed by atoms with E-state index in [0.717, 1.165) is 0 Å². The number of nitrogens with zero attached hydrogens (tertiary/aromatic N) is 5. The first kappa shape index (κ1) is 13.7. The largest absolute Gasteiger partial charge is 0.393 e. The summed E-state index contributed by atoms with van der Waals surface area (Å²) in [6.45, 7) is 5.29. The lowest BCUT2D eigenvalue weighted by Crippen LogP contribution is -2.39. The molecule has 0 saturated carbocycles. The minimum Gasteiger partial charge on any atom is -0.393 e. The summed E-state index contributed by atoms with van der Waals surface area (Å²) < 4.78 is 1.27. The fourth-order valence-electron chi connectivity index (χ4n) is 2.47. The van der Waals surface area contributed by atoms with Crippen molar-refractivity contribution in [2.45, 2.75) is 39.3 Å². The molecule has 2 rings (SSSR count). The zero-order chi connectivity index (χ0) is 14.0. The number of aliphatic hydroxyl groups excluding tert-OH is 1. The smallest absolute Gasteiger partial charge is 0.244 e. The molecule has 1 amide bonds. The molecule has 2 heterocycles. The second-order valence-electron chi connectivity index (χ2n) is 5.82. The van der Waals surface area contributed by atoms with Gasteiger partial charge in [0.2, 0.25) is 11.9 Å². The van der Waals surface area contributed by atoms with Gasteiger partial charge in [-0.3, -0.25) is 4.79 Å². The van der Waals surface area contributed by atoms with E-state index < -0.39 is 0 Å². The van der Waals surface area contributed by atoms with Crippen molar-refractivity contribution in [2.75, 3.05) is 18.8 Å². The molecule has 1 aliphatic rings. The molecule has 0 bridgehead atoms. The van der Waals surface area contributed by atoms with E-state index in [1.807, 2.05) is 13.8 Å². The fourth-order valence-corrected chi connectivity index (χ4v) is 2.47. The Labute approximate surface area is 111 Å². The minimum atomic E-state index is -0.356. The van der Waals surface area contributed by atoms with Crippen LogP contribution in [0.3, 0.4) is 0 Å². The van der Waals surface area contributed by atoms with Crippen LogP contribution in [0.2, 0.25) is 0 Å². The predicted molar refractivity (Wildman–Crippen MR) is 67.8 cm³/mol. The maximum Gasteiger partial charge on any atom is 0.244 e. The van der Waals surface area contributed by atoms with Crippen molar-refractivity contribution >= 4 is 11.9 Å². The molecule has 0 aliphatic carbocycles. The van der Waals surface area contributed by atoms with Crippen LogP contribution in [-0.2, 0) is 11.3 Å². The number of amides is 1. The summed E-state index contributed by atoms with van der Waals surface area (Å²) in [6.07, 6.45) is 0.940. The summed E-state index contributed by atoms with van der Waals surface area (Å²) in [7, 11) is 0. The van der Waals surface area contributed by atoms with Crippen LogP contribution >= 0.6 is 0 Å². The van der Waals surface area contributed by atoms with E-state index in [1.165, 1.54) is 4.68 Å². The summed E-state index contributed by atoms with van der Waals surface area (Å²) in [6, 6.07) is 0. The Morgan fingerprint density at radius 1 is 1.58 bits per heavy atom. The molecule has 3 N–H and O–H groups in total. The number of hydrogen-bond acceptors (Lipinski definition) is 6. The number of rotatable bonds is 2. The third-order valence-corrected chi connectivity index (χ3v) is 3.34. The molecule has 0 unspecified atom stereocenters. The van der Waals surface area contributed by atoms with Gasteiger partial charge < -0.3 is 15.7 Å². The Kier molecular flexibility index (Phi) is 3.70. The van der Waals surface area contributed by atoms with Crippen molar-refractivity contribution < 1.29 is 9.90 Å². The minimum absolute atomic E-state index is 0.0327. The first-order valence-corrected chi connectivity index (χ1v) is 6.35. The predicted octanol–water partition coefficient (Wildman–Crippen LogP) is -0.735. The highest BCUT2D eigenvalue weighted by molar-refractivity contribution is 5.76. The van der Waals surface area contributed by atoms with Crippen LogP contribution in [0.15, 0.2) is 0 Å². The van der Waals surface area contributed by atoms with Gasteiger partial charge in [-0.15, -0.1) is 0 Å². The van der Waals surface area contributed by atoms with Crippen LogP contribution in [0.4, 0.5) is 5.95 Å². The Balaban J connectivity index is 2.04. The number of carbonyl (C=O) groups excluding carboxylic acids is 1. The molecule has 8 nitrogen and oxygen atoms in total. The molecule has 1 aromatic rings. The van der Waals surface area contributed by atoms with Crippen molar-refractivity contribution in [3.8, 4) is 0 Å². The Bertz CT molecular complexity index is 458. The molecule has 106 valence electrons. The molecular weight excluding hydrogens is 248 g/mol. The summed E-state index contributed by atoms with van der Waals surface area (Å²) in [5, 5.41) is 20.4. The number of carbonyl (C=O) groups is 1. The SMILES string of the molecule is CC1(C)C[C@@H](O)CCN(C(=O)Cn2nnnc2N)C1. The lowest BCUT2D eigenvalue weighted by molar-refractivity contribution is -0.133. The lowest BCUT2D eigenvalue weighted by atomic mass is 9.87. The van der Waals surface area contributed by atoms with Crippen molar-refractivity contribution in [1.29, 1.82) is 0 Å². The van der Waals surface area contributed by atoms with Gasteiger partial charge in [0.1, 0.15) is 6.54 Å². The van der Waals surface area contributed by atoms with E-state index in [9.17, 15) is 9.90 Å². The maximum atomic E-state index is 12.2. The third kappa shape index (κ3) is 3.40. The van der Waals surface area contributed by atoms with E-state index in [2.05, 4.69) is 15.5 Å². The maximum absolute atomic E-state index is 12.2. The molecule has 0 aromatic carbocycles. The Morgan fingerprint density at radius 3 is 2.95 bits per heavy atom. The molecule has 1 saturated heterocycles. The van der Waals surface area contributed by atoms with E-state index >= 15 is 0 Å². The van der Waals surface area contributed by atoms with Crippen LogP contribution in [0.1, 0.15) is 26.7 Å². The fraction of sp³-hybridized carbons (Fsp3) is 0.818. The number of hydrogen-bond donors (Lipinski definition) is 2. The number of anilines is 1. The van der Waals surface area contributed by atoms with Gasteiger partial charge in [-0.25, -0.2) is 4.68 Å². The van der Waals surface area contributed by atoms with Crippen molar-refractivity contribution in [2.24, 2.45) is 5.41 Å². The number of nitrogen functional groups attached to an aromatic ring is 1. The average molecular weight is 268 g/mol.